The van der Waals surface area contributed by atoms with E-state index in [2.05, 4.69) is 4.74 Å². The number of methoxy groups -OCH3 is 1. The number of ether oxygens (including phenoxy) is 2. The molecule has 0 aliphatic heterocycles. The van der Waals surface area contributed by atoms with Crippen LogP contribution in [0.5, 0.6) is 5.75 Å². The Kier molecular flexibility index (Phi) is 4.18. The number of hydrogen-bond donors (Lipinski definition) is 0. The highest BCUT2D eigenvalue weighted by molar-refractivity contribution is 5.34. The Hall–Kier alpha value is -1.23. The van der Waals surface area contributed by atoms with Crippen molar-refractivity contribution in [2.24, 2.45) is 0 Å². The van der Waals surface area contributed by atoms with Crippen LogP contribution in [-0.2, 0) is 11.3 Å². The zero-order valence-corrected chi connectivity index (χ0v) is 9.10. The first-order chi connectivity index (χ1) is 7.42. The molecule has 0 heterocycles. The summed E-state index contributed by atoms with van der Waals surface area (Å²) in [5.74, 6) is 0.678. The van der Waals surface area contributed by atoms with Crippen molar-refractivity contribution in [3.63, 3.8) is 0 Å². The lowest BCUT2D eigenvalue weighted by molar-refractivity contribution is -0.176. The van der Waals surface area contributed by atoms with Crippen molar-refractivity contribution in [1.29, 1.82) is 0 Å². The first-order valence-electron chi connectivity index (χ1n) is 4.70. The molecule has 0 bridgehead atoms. The highest BCUT2D eigenvalue weighted by atomic mass is 19.4. The molecule has 0 aromatic heterocycles. The molecule has 0 radical (unpaired) electrons. The van der Waals surface area contributed by atoms with Crippen molar-refractivity contribution >= 4 is 0 Å². The SMILES string of the molecule is COc1ccc(COCC(F)(F)F)c(C)c1. The average molecular weight is 234 g/mol. The lowest BCUT2D eigenvalue weighted by Crippen LogP contribution is -2.16. The maximum atomic E-state index is 11.8. The van der Waals surface area contributed by atoms with E-state index in [-0.39, 0.29) is 6.61 Å². The van der Waals surface area contributed by atoms with Gasteiger partial charge in [-0.3, -0.25) is 0 Å². The average Bonchev–Trinajstić information content (AvgIpc) is 2.18. The van der Waals surface area contributed by atoms with Crippen molar-refractivity contribution in [1.82, 2.24) is 0 Å². The molecule has 0 aliphatic carbocycles. The molecule has 0 spiro atoms. The summed E-state index contributed by atoms with van der Waals surface area (Å²) in [4.78, 5) is 0. The van der Waals surface area contributed by atoms with E-state index in [0.717, 1.165) is 11.1 Å². The Bertz CT molecular complexity index is 348. The van der Waals surface area contributed by atoms with Crippen LogP contribution in [0, 0.1) is 6.92 Å². The van der Waals surface area contributed by atoms with Gasteiger partial charge in [0.05, 0.1) is 13.7 Å². The second-order valence-electron chi connectivity index (χ2n) is 3.40. The lowest BCUT2D eigenvalue weighted by Gasteiger charge is -2.10. The zero-order valence-electron chi connectivity index (χ0n) is 9.10. The summed E-state index contributed by atoms with van der Waals surface area (Å²) in [6.07, 6.45) is -4.28. The van der Waals surface area contributed by atoms with Gasteiger partial charge in [0.2, 0.25) is 0 Å². The fourth-order valence-corrected chi connectivity index (χ4v) is 1.23. The number of alkyl halides is 3. The first kappa shape index (κ1) is 12.8. The molecule has 90 valence electrons. The molecule has 1 aromatic carbocycles. The van der Waals surface area contributed by atoms with E-state index in [0.29, 0.717) is 5.75 Å². The standard InChI is InChI=1S/C11H13F3O2/c1-8-5-10(15-2)4-3-9(8)6-16-7-11(12,13)14/h3-5H,6-7H2,1-2H3. The van der Waals surface area contributed by atoms with Crippen LogP contribution in [0.4, 0.5) is 13.2 Å². The maximum absolute atomic E-state index is 11.8. The van der Waals surface area contributed by atoms with Gasteiger partial charge in [-0.15, -0.1) is 0 Å². The third kappa shape index (κ3) is 4.10. The molecule has 1 rings (SSSR count). The van der Waals surface area contributed by atoms with Crippen molar-refractivity contribution in [2.45, 2.75) is 19.7 Å². The van der Waals surface area contributed by atoms with E-state index in [1.54, 1.807) is 25.1 Å². The molecule has 0 saturated heterocycles. The van der Waals surface area contributed by atoms with Crippen molar-refractivity contribution < 1.29 is 22.6 Å². The topological polar surface area (TPSA) is 18.5 Å². The third-order valence-corrected chi connectivity index (χ3v) is 2.07. The summed E-state index contributed by atoms with van der Waals surface area (Å²) in [5.41, 5.74) is 1.58. The van der Waals surface area contributed by atoms with Crippen LogP contribution in [0.3, 0.4) is 0 Å². The molecule has 1 aromatic rings. The maximum Gasteiger partial charge on any atom is 0.411 e. The van der Waals surface area contributed by atoms with Gasteiger partial charge >= 0.3 is 6.18 Å². The molecular formula is C11H13F3O2. The van der Waals surface area contributed by atoms with E-state index < -0.39 is 12.8 Å². The van der Waals surface area contributed by atoms with Gasteiger partial charge in [0.25, 0.3) is 0 Å². The molecule has 0 aliphatic rings. The monoisotopic (exact) mass is 234 g/mol. The Morgan fingerprint density at radius 1 is 1.25 bits per heavy atom. The van der Waals surface area contributed by atoms with Gasteiger partial charge in [-0.2, -0.15) is 13.2 Å². The van der Waals surface area contributed by atoms with Crippen LogP contribution >= 0.6 is 0 Å². The normalized spacial score (nSPS) is 11.6. The van der Waals surface area contributed by atoms with Crippen molar-refractivity contribution in [3.05, 3.63) is 29.3 Å². The zero-order chi connectivity index (χ0) is 12.2. The van der Waals surface area contributed by atoms with Gasteiger partial charge in [-0.25, -0.2) is 0 Å². The Morgan fingerprint density at radius 3 is 2.44 bits per heavy atom. The Balaban J connectivity index is 2.55. The highest BCUT2D eigenvalue weighted by Crippen LogP contribution is 2.19. The molecule has 2 nitrogen and oxygen atoms in total. The molecule has 16 heavy (non-hydrogen) atoms. The fraction of sp³-hybridized carbons (Fsp3) is 0.455. The molecule has 0 unspecified atom stereocenters. The second-order valence-corrected chi connectivity index (χ2v) is 3.40. The van der Waals surface area contributed by atoms with E-state index in [4.69, 9.17) is 4.74 Å². The van der Waals surface area contributed by atoms with Gasteiger partial charge in [0, 0.05) is 0 Å². The van der Waals surface area contributed by atoms with Gasteiger partial charge in [-0.05, 0) is 30.2 Å². The minimum atomic E-state index is -4.28. The number of benzene rings is 1. The summed E-state index contributed by atoms with van der Waals surface area (Å²) < 4.78 is 45.1. The highest BCUT2D eigenvalue weighted by Gasteiger charge is 2.27. The number of aryl methyl sites for hydroxylation is 1. The van der Waals surface area contributed by atoms with Crippen molar-refractivity contribution in [2.75, 3.05) is 13.7 Å². The van der Waals surface area contributed by atoms with Crippen LogP contribution in [0.25, 0.3) is 0 Å². The van der Waals surface area contributed by atoms with E-state index in [1.807, 2.05) is 0 Å². The summed E-state index contributed by atoms with van der Waals surface area (Å²) in [7, 11) is 1.54. The van der Waals surface area contributed by atoms with E-state index >= 15 is 0 Å². The predicted molar refractivity (Wildman–Crippen MR) is 53.4 cm³/mol. The molecule has 0 amide bonds. The number of rotatable bonds is 4. The van der Waals surface area contributed by atoms with Gasteiger partial charge in [0.1, 0.15) is 12.4 Å². The quantitative estimate of drug-likeness (QED) is 0.797. The van der Waals surface area contributed by atoms with E-state index in [1.165, 1.54) is 7.11 Å². The molecule has 5 heteroatoms. The van der Waals surface area contributed by atoms with Gasteiger partial charge < -0.3 is 9.47 Å². The summed E-state index contributed by atoms with van der Waals surface area (Å²) >= 11 is 0. The Labute approximate surface area is 92.0 Å². The van der Waals surface area contributed by atoms with Crippen LogP contribution in [-0.4, -0.2) is 19.9 Å². The summed E-state index contributed by atoms with van der Waals surface area (Å²) in [6.45, 7) is 0.530. The third-order valence-electron chi connectivity index (χ3n) is 2.07. The lowest BCUT2D eigenvalue weighted by atomic mass is 10.1. The minimum absolute atomic E-state index is 0.0463. The largest absolute Gasteiger partial charge is 0.497 e. The van der Waals surface area contributed by atoms with Gasteiger partial charge in [-0.1, -0.05) is 6.07 Å². The summed E-state index contributed by atoms with van der Waals surface area (Å²) in [6, 6.07) is 5.15. The molecule has 0 saturated carbocycles. The van der Waals surface area contributed by atoms with Crippen LogP contribution in [0.15, 0.2) is 18.2 Å². The predicted octanol–water partition coefficient (Wildman–Crippen LogP) is 3.08. The second kappa shape index (κ2) is 5.21. The van der Waals surface area contributed by atoms with Gasteiger partial charge in [0.15, 0.2) is 0 Å². The molecular weight excluding hydrogens is 221 g/mol. The van der Waals surface area contributed by atoms with Crippen molar-refractivity contribution in [3.8, 4) is 5.75 Å². The molecule has 0 N–H and O–H groups in total. The van der Waals surface area contributed by atoms with Crippen LogP contribution < -0.4 is 4.74 Å². The van der Waals surface area contributed by atoms with Crippen LogP contribution in [0.2, 0.25) is 0 Å². The molecule has 0 atom stereocenters. The van der Waals surface area contributed by atoms with E-state index in [9.17, 15) is 13.2 Å². The van der Waals surface area contributed by atoms with Crippen LogP contribution in [0.1, 0.15) is 11.1 Å². The fourth-order valence-electron chi connectivity index (χ4n) is 1.23. The summed E-state index contributed by atoms with van der Waals surface area (Å²) in [5, 5.41) is 0. The Morgan fingerprint density at radius 2 is 1.94 bits per heavy atom. The number of hydrogen-bond acceptors (Lipinski definition) is 2. The number of halogens is 3. The first-order valence-corrected chi connectivity index (χ1v) is 4.70. The minimum Gasteiger partial charge on any atom is -0.497 e. The molecule has 0 fully saturated rings. The smallest absolute Gasteiger partial charge is 0.411 e.